The summed E-state index contributed by atoms with van der Waals surface area (Å²) >= 11 is 0. The van der Waals surface area contributed by atoms with E-state index in [1.807, 2.05) is 4.98 Å². The van der Waals surface area contributed by atoms with Crippen LogP contribution in [0.2, 0.25) is 0 Å². The van der Waals surface area contributed by atoms with E-state index in [1.54, 1.807) is 0 Å². The van der Waals surface area contributed by atoms with Crippen molar-refractivity contribution in [1.29, 1.82) is 0 Å². The molecule has 0 aromatic carbocycles. The van der Waals surface area contributed by atoms with Gasteiger partial charge >= 0.3 is 5.69 Å². The van der Waals surface area contributed by atoms with Crippen LogP contribution in [0.1, 0.15) is 71.1 Å². The first kappa shape index (κ1) is 28.3. The number of carbonyl (C=O) groups is 1. The number of H-pyrrole nitrogens is 1. The lowest BCUT2D eigenvalue weighted by Gasteiger charge is -2.08. The van der Waals surface area contributed by atoms with Crippen molar-refractivity contribution >= 4 is 5.91 Å². The third-order valence-corrected chi connectivity index (χ3v) is 4.82. The Balaban J connectivity index is 1.93. The van der Waals surface area contributed by atoms with Crippen molar-refractivity contribution in [2.45, 2.75) is 77.9 Å². The van der Waals surface area contributed by atoms with E-state index in [0.29, 0.717) is 13.0 Å². The number of nitrogens with zero attached hydrogens (tertiary/aromatic N) is 1. The van der Waals surface area contributed by atoms with Gasteiger partial charge in [-0.3, -0.25) is 19.1 Å². The summed E-state index contributed by atoms with van der Waals surface area (Å²) in [6.07, 6.45) is 24.0. The van der Waals surface area contributed by atoms with E-state index in [2.05, 4.69) is 48.7 Å². The fourth-order valence-corrected chi connectivity index (χ4v) is 3.00. The highest BCUT2D eigenvalue weighted by Crippen LogP contribution is 2.08. The number of aromatic nitrogens is 2. The van der Waals surface area contributed by atoms with Gasteiger partial charge < -0.3 is 10.1 Å². The fraction of sp³-hybridized carbons (Fsp3) is 0.560. The van der Waals surface area contributed by atoms with Crippen LogP contribution >= 0.6 is 0 Å². The molecule has 33 heavy (non-hydrogen) atoms. The Hall–Kier alpha value is -2.74. The van der Waals surface area contributed by atoms with Crippen LogP contribution in [0.3, 0.4) is 0 Å². The molecule has 0 radical (unpaired) electrons. The van der Waals surface area contributed by atoms with Gasteiger partial charge in [0.05, 0.1) is 12.8 Å². The smallest absolute Gasteiger partial charge is 0.330 e. The highest BCUT2D eigenvalue weighted by atomic mass is 19.1. The van der Waals surface area contributed by atoms with E-state index >= 15 is 0 Å². The van der Waals surface area contributed by atoms with Crippen LogP contribution in [0.25, 0.3) is 0 Å². The first-order chi connectivity index (χ1) is 16.0. The third-order valence-electron chi connectivity index (χ3n) is 4.82. The van der Waals surface area contributed by atoms with Crippen molar-refractivity contribution in [3.63, 3.8) is 0 Å². The largest absolute Gasteiger partial charge is 0.359 e. The second kappa shape index (κ2) is 18.8. The molecule has 0 aliphatic heterocycles. The molecule has 0 fully saturated rings. The first-order valence-electron chi connectivity index (χ1n) is 11.8. The van der Waals surface area contributed by atoms with Crippen molar-refractivity contribution in [3.8, 4) is 0 Å². The number of allylic oxidation sites excluding steroid dienone is 6. The Kier molecular flexibility index (Phi) is 16.1. The molecular formula is C25H38FN3O4. The Labute approximate surface area is 195 Å². The van der Waals surface area contributed by atoms with Gasteiger partial charge in [-0.25, -0.2) is 4.79 Å². The average molecular weight is 464 g/mol. The molecule has 0 saturated carbocycles. The number of unbranched alkanes of at least 4 members (excludes halogenated alkanes) is 5. The molecule has 0 bridgehead atoms. The summed E-state index contributed by atoms with van der Waals surface area (Å²) in [5, 5.41) is 2.75. The number of hydrogen-bond acceptors (Lipinski definition) is 4. The standard InChI is InChI=1S/C25H38FN3O4/c1-2-3-4-5-6-7-8-9-10-11-12-13-14-15-16-17-23(30)27-18-19-33-21-29-20-22(26)24(31)28-25(29)32/h3-4,6-7,9-10,20H,2,5,8,11-19,21H2,1H3,(H,27,30)(H,28,31,32)/b4-3+,7-6+,10-9+. The molecule has 1 heterocycles. The SMILES string of the molecule is CC/C=C/C/C=C/C/C=C/CCCCCCCC(=O)NCCOCn1cc(F)c(=O)[nH]c1=O. The topological polar surface area (TPSA) is 93.2 Å². The summed E-state index contributed by atoms with van der Waals surface area (Å²) in [7, 11) is 0. The summed E-state index contributed by atoms with van der Waals surface area (Å²) in [4.78, 5) is 36.1. The minimum atomic E-state index is -1.06. The van der Waals surface area contributed by atoms with Crippen molar-refractivity contribution in [2.24, 2.45) is 0 Å². The third kappa shape index (κ3) is 14.9. The molecule has 1 amide bonds. The van der Waals surface area contributed by atoms with Crippen LogP contribution in [-0.2, 0) is 16.3 Å². The number of aromatic amines is 1. The number of ether oxygens (including phenoxy) is 1. The van der Waals surface area contributed by atoms with E-state index in [0.717, 1.165) is 55.7 Å². The van der Waals surface area contributed by atoms with Crippen LogP contribution in [0.5, 0.6) is 0 Å². The maximum absolute atomic E-state index is 13.1. The molecule has 1 aromatic rings. The molecule has 1 aromatic heterocycles. The molecule has 0 saturated heterocycles. The highest BCUT2D eigenvalue weighted by Gasteiger charge is 2.04. The van der Waals surface area contributed by atoms with Crippen LogP contribution in [0.15, 0.2) is 52.2 Å². The molecule has 184 valence electrons. The van der Waals surface area contributed by atoms with Gasteiger partial charge in [0, 0.05) is 13.0 Å². The lowest BCUT2D eigenvalue weighted by Crippen LogP contribution is -2.33. The quantitative estimate of drug-likeness (QED) is 0.250. The Bertz CT molecular complexity index is 871. The number of rotatable bonds is 18. The minimum Gasteiger partial charge on any atom is -0.359 e. The molecule has 0 atom stereocenters. The number of hydrogen-bond donors (Lipinski definition) is 2. The second-order valence-corrected chi connectivity index (χ2v) is 7.69. The normalized spacial score (nSPS) is 11.8. The lowest BCUT2D eigenvalue weighted by atomic mass is 10.1. The predicted octanol–water partition coefficient (Wildman–Crippen LogP) is 4.36. The maximum Gasteiger partial charge on any atom is 0.330 e. The predicted molar refractivity (Wildman–Crippen MR) is 130 cm³/mol. The van der Waals surface area contributed by atoms with Crippen molar-refractivity contribution in [2.75, 3.05) is 13.2 Å². The average Bonchev–Trinajstić information content (AvgIpc) is 2.79. The molecular weight excluding hydrogens is 425 g/mol. The molecule has 0 unspecified atom stereocenters. The van der Waals surface area contributed by atoms with Gasteiger partial charge in [-0.15, -0.1) is 0 Å². The van der Waals surface area contributed by atoms with Gasteiger partial charge in [-0.1, -0.05) is 62.6 Å². The van der Waals surface area contributed by atoms with E-state index in [9.17, 15) is 18.8 Å². The van der Waals surface area contributed by atoms with Crippen LogP contribution in [0, 0.1) is 5.82 Å². The van der Waals surface area contributed by atoms with E-state index < -0.39 is 17.1 Å². The van der Waals surface area contributed by atoms with E-state index in [1.165, 1.54) is 12.8 Å². The number of halogens is 1. The number of nitrogens with one attached hydrogen (secondary N) is 2. The second-order valence-electron chi connectivity index (χ2n) is 7.69. The van der Waals surface area contributed by atoms with Crippen LogP contribution in [0.4, 0.5) is 4.39 Å². The van der Waals surface area contributed by atoms with Gasteiger partial charge in [0.25, 0.3) is 5.56 Å². The highest BCUT2D eigenvalue weighted by molar-refractivity contribution is 5.75. The Morgan fingerprint density at radius 2 is 1.70 bits per heavy atom. The minimum absolute atomic E-state index is 0.0352. The Morgan fingerprint density at radius 1 is 1.03 bits per heavy atom. The zero-order chi connectivity index (χ0) is 24.2. The van der Waals surface area contributed by atoms with Gasteiger partial charge in [0.2, 0.25) is 11.7 Å². The first-order valence-corrected chi connectivity index (χ1v) is 11.8. The zero-order valence-electron chi connectivity index (χ0n) is 19.7. The molecule has 2 N–H and O–H groups in total. The van der Waals surface area contributed by atoms with Crippen molar-refractivity contribution < 1.29 is 13.9 Å². The monoisotopic (exact) mass is 463 g/mol. The van der Waals surface area contributed by atoms with Gasteiger partial charge in [-0.05, 0) is 38.5 Å². The zero-order valence-corrected chi connectivity index (χ0v) is 19.7. The van der Waals surface area contributed by atoms with Gasteiger partial charge in [0.15, 0.2) is 0 Å². The van der Waals surface area contributed by atoms with E-state index in [4.69, 9.17) is 4.74 Å². The van der Waals surface area contributed by atoms with E-state index in [-0.39, 0.29) is 19.2 Å². The summed E-state index contributed by atoms with van der Waals surface area (Å²) in [6.45, 7) is 2.41. The maximum atomic E-state index is 13.1. The number of carbonyl (C=O) groups excluding carboxylic acids is 1. The molecule has 0 spiro atoms. The summed E-state index contributed by atoms with van der Waals surface area (Å²) in [6, 6.07) is 0. The molecule has 0 aliphatic rings. The summed E-state index contributed by atoms with van der Waals surface area (Å²) in [5.74, 6) is -1.09. The van der Waals surface area contributed by atoms with Crippen LogP contribution < -0.4 is 16.6 Å². The van der Waals surface area contributed by atoms with Gasteiger partial charge in [0.1, 0.15) is 6.73 Å². The summed E-state index contributed by atoms with van der Waals surface area (Å²) in [5.41, 5.74) is -1.81. The van der Waals surface area contributed by atoms with Gasteiger partial charge in [-0.2, -0.15) is 4.39 Å². The molecule has 1 rings (SSSR count). The lowest BCUT2D eigenvalue weighted by molar-refractivity contribution is -0.121. The Morgan fingerprint density at radius 3 is 2.45 bits per heavy atom. The molecule has 8 heteroatoms. The molecule has 7 nitrogen and oxygen atoms in total. The van der Waals surface area contributed by atoms with Crippen molar-refractivity contribution in [1.82, 2.24) is 14.9 Å². The van der Waals surface area contributed by atoms with Crippen molar-refractivity contribution in [3.05, 3.63) is 69.3 Å². The fourth-order valence-electron chi connectivity index (χ4n) is 3.00. The number of amides is 1. The van der Waals surface area contributed by atoms with Crippen LogP contribution in [-0.4, -0.2) is 28.6 Å². The molecule has 0 aliphatic carbocycles. The summed E-state index contributed by atoms with van der Waals surface area (Å²) < 4.78 is 19.3.